The molecule has 7 heteroatoms. The summed E-state index contributed by atoms with van der Waals surface area (Å²) < 4.78 is 4.33. The van der Waals surface area contributed by atoms with Gasteiger partial charge in [-0.3, -0.25) is 0 Å². The third kappa shape index (κ3) is 5.67. The van der Waals surface area contributed by atoms with Gasteiger partial charge in [0.2, 0.25) is 0 Å². The normalized spacial score (nSPS) is 9.48. The van der Waals surface area contributed by atoms with Crippen molar-refractivity contribution in [2.24, 2.45) is 0 Å². The third-order valence-electron chi connectivity index (χ3n) is 2.96. The number of phenolic OH excluding ortho intramolecular Hbond substituents is 2. The van der Waals surface area contributed by atoms with Gasteiger partial charge in [0.15, 0.2) is 11.5 Å². The number of phenols is 2. The Morgan fingerprint density at radius 1 is 1.04 bits per heavy atom. The number of aromatic hydroxyl groups is 2. The molecule has 0 saturated carbocycles. The fourth-order valence-electron chi connectivity index (χ4n) is 1.86. The molecule has 0 aliphatic carbocycles. The van der Waals surface area contributed by atoms with Gasteiger partial charge in [0.1, 0.15) is 6.61 Å². The first kappa shape index (κ1) is 19.7. The molecule has 2 aromatic carbocycles. The zero-order valence-electron chi connectivity index (χ0n) is 13.3. The van der Waals surface area contributed by atoms with Crippen LogP contribution in [0.5, 0.6) is 11.5 Å². The van der Waals surface area contributed by atoms with Gasteiger partial charge in [-0.05, 0) is 12.1 Å². The number of carboxylic acid groups (broad SMARTS) is 1. The van der Waals surface area contributed by atoms with Crippen LogP contribution in [0.1, 0.15) is 10.4 Å². The van der Waals surface area contributed by atoms with Crippen molar-refractivity contribution in [3.05, 3.63) is 60.7 Å². The Morgan fingerprint density at radius 2 is 1.68 bits per heavy atom. The second kappa shape index (κ2) is 9.74. The lowest BCUT2D eigenvalue weighted by molar-refractivity contribution is -0.138. The Kier molecular flexibility index (Phi) is 7.68. The van der Waals surface area contributed by atoms with Gasteiger partial charge < -0.3 is 25.2 Å². The summed E-state index contributed by atoms with van der Waals surface area (Å²) in [6.45, 7) is 3.06. The fourth-order valence-corrected chi connectivity index (χ4v) is 1.86. The van der Waals surface area contributed by atoms with Gasteiger partial charge in [0.05, 0.1) is 12.2 Å². The summed E-state index contributed by atoms with van der Waals surface area (Å²) in [5, 5.41) is 36.2. The minimum absolute atomic E-state index is 0.0465. The molecule has 0 bridgehead atoms. The fraction of sp³-hybridized carbons (Fsp3) is 0.111. The molecule has 0 unspecified atom stereocenters. The zero-order chi connectivity index (χ0) is 18.8. The van der Waals surface area contributed by atoms with E-state index in [-0.39, 0.29) is 30.3 Å². The average Bonchev–Trinajstić information content (AvgIpc) is 2.62. The molecule has 0 aliphatic rings. The molecule has 2 rings (SSSR count). The highest BCUT2D eigenvalue weighted by Gasteiger charge is 2.15. The number of para-hydroxylation sites is 1. The lowest BCUT2D eigenvalue weighted by atomic mass is 9.98. The molecule has 25 heavy (non-hydrogen) atoms. The summed E-state index contributed by atoms with van der Waals surface area (Å²) in [4.78, 5) is 21.2. The van der Waals surface area contributed by atoms with Crippen LogP contribution in [-0.4, -0.2) is 45.6 Å². The first-order valence-corrected chi connectivity index (χ1v) is 7.16. The maximum Gasteiger partial charge on any atom is 0.336 e. The SMILES string of the molecule is C=CC(=O)OCCO.O=C(O)c1ccccc1-c1cccc(O)c1O. The van der Waals surface area contributed by atoms with Gasteiger partial charge in [-0.25, -0.2) is 9.59 Å². The molecule has 0 spiro atoms. The predicted molar refractivity (Wildman–Crippen MR) is 90.4 cm³/mol. The van der Waals surface area contributed by atoms with Crippen LogP contribution < -0.4 is 0 Å². The number of aliphatic hydroxyl groups is 1. The number of aliphatic hydroxyl groups excluding tert-OH is 1. The molecule has 7 nitrogen and oxygen atoms in total. The van der Waals surface area contributed by atoms with E-state index in [1.165, 1.54) is 12.1 Å². The molecule has 132 valence electrons. The van der Waals surface area contributed by atoms with Gasteiger partial charge in [0.25, 0.3) is 0 Å². The van der Waals surface area contributed by atoms with Crippen LogP contribution in [0, 0.1) is 0 Å². The van der Waals surface area contributed by atoms with E-state index in [1.54, 1.807) is 30.3 Å². The van der Waals surface area contributed by atoms with Gasteiger partial charge >= 0.3 is 11.9 Å². The summed E-state index contributed by atoms with van der Waals surface area (Å²) in [6.07, 6.45) is 1.05. The van der Waals surface area contributed by atoms with Crippen LogP contribution >= 0.6 is 0 Å². The summed E-state index contributed by atoms with van der Waals surface area (Å²) in [7, 11) is 0. The molecule has 0 amide bonds. The summed E-state index contributed by atoms with van der Waals surface area (Å²) in [5.74, 6) is -2.17. The number of hydrogen-bond acceptors (Lipinski definition) is 6. The van der Waals surface area contributed by atoms with Crippen LogP contribution in [0.2, 0.25) is 0 Å². The van der Waals surface area contributed by atoms with E-state index >= 15 is 0 Å². The Hall–Kier alpha value is -3.32. The van der Waals surface area contributed by atoms with E-state index in [0.717, 1.165) is 6.08 Å². The highest BCUT2D eigenvalue weighted by molar-refractivity contribution is 5.97. The van der Waals surface area contributed by atoms with Gasteiger partial charge in [-0.1, -0.05) is 36.9 Å². The molecule has 0 atom stereocenters. The molecule has 0 aliphatic heterocycles. The van der Waals surface area contributed by atoms with Gasteiger partial charge in [-0.15, -0.1) is 0 Å². The lowest BCUT2D eigenvalue weighted by Crippen LogP contribution is -2.04. The van der Waals surface area contributed by atoms with Crippen LogP contribution in [0.3, 0.4) is 0 Å². The van der Waals surface area contributed by atoms with Crippen molar-refractivity contribution in [3.63, 3.8) is 0 Å². The molecule has 0 fully saturated rings. The molecular formula is C18H18O7. The van der Waals surface area contributed by atoms with Crippen LogP contribution in [0.4, 0.5) is 0 Å². The average molecular weight is 346 g/mol. The topological polar surface area (TPSA) is 124 Å². The minimum atomic E-state index is -1.08. The maximum absolute atomic E-state index is 11.0. The quantitative estimate of drug-likeness (QED) is 0.371. The molecule has 0 saturated heterocycles. The molecule has 2 aromatic rings. The number of esters is 1. The van der Waals surface area contributed by atoms with E-state index in [1.807, 2.05) is 0 Å². The van der Waals surface area contributed by atoms with E-state index in [9.17, 15) is 19.8 Å². The highest BCUT2D eigenvalue weighted by atomic mass is 16.5. The van der Waals surface area contributed by atoms with Gasteiger partial charge in [0, 0.05) is 17.2 Å². The molecule has 4 N–H and O–H groups in total. The summed E-state index contributed by atoms with van der Waals surface area (Å²) >= 11 is 0. The van der Waals surface area contributed by atoms with Crippen LogP contribution in [0.15, 0.2) is 55.1 Å². The second-order valence-electron chi connectivity index (χ2n) is 4.62. The van der Waals surface area contributed by atoms with E-state index < -0.39 is 11.9 Å². The molecule has 0 radical (unpaired) electrons. The number of carbonyl (C=O) groups is 2. The first-order valence-electron chi connectivity index (χ1n) is 7.16. The van der Waals surface area contributed by atoms with Crippen LogP contribution in [-0.2, 0) is 9.53 Å². The van der Waals surface area contributed by atoms with Crippen molar-refractivity contribution in [3.8, 4) is 22.6 Å². The predicted octanol–water partition coefficient (Wildman–Crippen LogP) is 2.17. The van der Waals surface area contributed by atoms with Crippen molar-refractivity contribution in [2.45, 2.75) is 0 Å². The number of rotatable bonds is 5. The molecular weight excluding hydrogens is 328 g/mol. The highest BCUT2D eigenvalue weighted by Crippen LogP contribution is 2.37. The largest absolute Gasteiger partial charge is 0.504 e. The Balaban J connectivity index is 0.000000333. The van der Waals surface area contributed by atoms with Crippen molar-refractivity contribution < 1.29 is 34.8 Å². The third-order valence-corrected chi connectivity index (χ3v) is 2.96. The number of carboxylic acids is 1. The summed E-state index contributed by atoms with van der Waals surface area (Å²) in [6, 6.07) is 10.7. The molecule has 0 aromatic heterocycles. The monoisotopic (exact) mass is 346 g/mol. The van der Waals surface area contributed by atoms with E-state index in [0.29, 0.717) is 11.1 Å². The lowest BCUT2D eigenvalue weighted by Gasteiger charge is -2.08. The van der Waals surface area contributed by atoms with Crippen molar-refractivity contribution in [1.82, 2.24) is 0 Å². The molecule has 0 heterocycles. The number of carbonyl (C=O) groups excluding carboxylic acids is 1. The van der Waals surface area contributed by atoms with E-state index in [4.69, 9.17) is 10.2 Å². The first-order chi connectivity index (χ1) is 11.9. The second-order valence-corrected chi connectivity index (χ2v) is 4.62. The van der Waals surface area contributed by atoms with Crippen molar-refractivity contribution in [2.75, 3.05) is 13.2 Å². The Bertz CT molecular complexity index is 753. The number of aromatic carboxylic acids is 1. The Labute approximate surface area is 144 Å². The number of benzene rings is 2. The standard InChI is InChI=1S/C13H10O4.C5H8O3/c14-11-7-3-6-9(12(11)15)8-4-1-2-5-10(8)13(16)17;1-2-5(7)8-4-3-6/h1-7,14-15H,(H,16,17);2,6H,1,3-4H2. The minimum Gasteiger partial charge on any atom is -0.504 e. The van der Waals surface area contributed by atoms with Gasteiger partial charge in [-0.2, -0.15) is 0 Å². The summed E-state index contributed by atoms with van der Waals surface area (Å²) in [5.41, 5.74) is 0.741. The van der Waals surface area contributed by atoms with E-state index in [2.05, 4.69) is 11.3 Å². The maximum atomic E-state index is 11.0. The Morgan fingerprint density at radius 3 is 2.28 bits per heavy atom. The number of hydrogen-bond donors (Lipinski definition) is 4. The van der Waals surface area contributed by atoms with Crippen molar-refractivity contribution >= 4 is 11.9 Å². The van der Waals surface area contributed by atoms with Crippen molar-refractivity contribution in [1.29, 1.82) is 0 Å². The number of ether oxygens (including phenoxy) is 1. The van der Waals surface area contributed by atoms with Crippen LogP contribution in [0.25, 0.3) is 11.1 Å². The smallest absolute Gasteiger partial charge is 0.336 e. The zero-order valence-corrected chi connectivity index (χ0v) is 13.3.